The number of pyridine rings is 1. The molecule has 0 bridgehead atoms. The monoisotopic (exact) mass is 267 g/mol. The van der Waals surface area contributed by atoms with Crippen molar-refractivity contribution in [3.05, 3.63) is 30.5 Å². The highest BCUT2D eigenvalue weighted by Gasteiger charge is 2.40. The van der Waals surface area contributed by atoms with Gasteiger partial charge in [0.2, 0.25) is 0 Å². The van der Waals surface area contributed by atoms with Gasteiger partial charge in [0.1, 0.15) is 0 Å². The van der Waals surface area contributed by atoms with Gasteiger partial charge in [0.15, 0.2) is 0 Å². The second-order valence-corrected chi connectivity index (χ2v) is 6.72. The molecule has 1 saturated heterocycles. The quantitative estimate of drug-likeness (QED) is 0.789. The second kappa shape index (κ2) is 4.11. The lowest BCUT2D eigenvalue weighted by Gasteiger charge is -2.51. The molecule has 20 heavy (non-hydrogen) atoms. The Morgan fingerprint density at radius 1 is 1.30 bits per heavy atom. The van der Waals surface area contributed by atoms with E-state index in [-0.39, 0.29) is 0 Å². The van der Waals surface area contributed by atoms with Gasteiger partial charge in [0, 0.05) is 18.5 Å². The highest BCUT2D eigenvalue weighted by Crippen LogP contribution is 2.45. The molecule has 104 valence electrons. The van der Waals surface area contributed by atoms with Crippen molar-refractivity contribution in [2.45, 2.75) is 32.7 Å². The van der Waals surface area contributed by atoms with Gasteiger partial charge in [-0.15, -0.1) is 0 Å². The van der Waals surface area contributed by atoms with Gasteiger partial charge in [-0.3, -0.25) is 4.98 Å². The third-order valence-corrected chi connectivity index (χ3v) is 5.02. The summed E-state index contributed by atoms with van der Waals surface area (Å²) in [6, 6.07) is 9.06. The van der Waals surface area contributed by atoms with Crippen LogP contribution in [0.15, 0.2) is 30.5 Å². The minimum absolute atomic E-state index is 0.368. The Hall–Kier alpha value is -1.77. The molecule has 1 N–H and O–H groups in total. The third kappa shape index (κ3) is 1.62. The highest BCUT2D eigenvalue weighted by molar-refractivity contribution is 5.99. The lowest BCUT2D eigenvalue weighted by molar-refractivity contribution is 0.217. The molecule has 2 aromatic rings. The lowest BCUT2D eigenvalue weighted by atomic mass is 9.75. The minimum Gasteiger partial charge on any atom is -0.380 e. The van der Waals surface area contributed by atoms with Crippen molar-refractivity contribution in [2.75, 3.05) is 23.3 Å². The number of nitrogens with one attached hydrogen (secondary N) is 1. The van der Waals surface area contributed by atoms with Crippen molar-refractivity contribution in [1.82, 2.24) is 4.98 Å². The van der Waals surface area contributed by atoms with Crippen LogP contribution in [0.2, 0.25) is 0 Å². The molecule has 4 rings (SSSR count). The maximum Gasteiger partial charge on any atom is 0.0772 e. The summed E-state index contributed by atoms with van der Waals surface area (Å²) in [7, 11) is 0. The fourth-order valence-electron chi connectivity index (χ4n) is 3.88. The number of para-hydroxylation sites is 1. The predicted octanol–water partition coefficient (Wildman–Crippen LogP) is 3.66. The van der Waals surface area contributed by atoms with Crippen LogP contribution in [0.4, 0.5) is 11.4 Å². The number of piperidine rings is 1. The number of hydrogen-bond acceptors (Lipinski definition) is 3. The molecule has 3 heteroatoms. The van der Waals surface area contributed by atoms with E-state index in [2.05, 4.69) is 53.3 Å². The maximum absolute atomic E-state index is 4.58. The molecular formula is C17H21N3. The SMILES string of the molecule is CC1(C)CCCN2c3c(cnc4ccccc34)NCC21. The number of rotatable bonds is 0. The van der Waals surface area contributed by atoms with E-state index < -0.39 is 0 Å². The zero-order valence-corrected chi connectivity index (χ0v) is 12.2. The molecule has 1 fully saturated rings. The minimum atomic E-state index is 0.368. The van der Waals surface area contributed by atoms with Gasteiger partial charge < -0.3 is 10.2 Å². The molecule has 2 aliphatic heterocycles. The molecule has 0 radical (unpaired) electrons. The summed E-state index contributed by atoms with van der Waals surface area (Å²) < 4.78 is 0. The first-order chi connectivity index (χ1) is 9.67. The topological polar surface area (TPSA) is 28.2 Å². The number of anilines is 2. The van der Waals surface area contributed by atoms with Crippen LogP contribution in [0, 0.1) is 5.41 Å². The largest absolute Gasteiger partial charge is 0.380 e. The van der Waals surface area contributed by atoms with E-state index in [4.69, 9.17) is 0 Å². The van der Waals surface area contributed by atoms with Crippen LogP contribution in [0.3, 0.4) is 0 Å². The summed E-state index contributed by atoms with van der Waals surface area (Å²) in [5.41, 5.74) is 4.02. The van der Waals surface area contributed by atoms with Crippen LogP contribution in [0.5, 0.6) is 0 Å². The van der Waals surface area contributed by atoms with Gasteiger partial charge in [-0.25, -0.2) is 0 Å². The van der Waals surface area contributed by atoms with E-state index in [0.29, 0.717) is 11.5 Å². The summed E-state index contributed by atoms with van der Waals surface area (Å²) >= 11 is 0. The molecule has 2 aliphatic rings. The van der Waals surface area contributed by atoms with Crippen molar-refractivity contribution in [1.29, 1.82) is 0 Å². The van der Waals surface area contributed by atoms with Gasteiger partial charge in [0.25, 0.3) is 0 Å². The first kappa shape index (κ1) is 12.0. The van der Waals surface area contributed by atoms with Crippen molar-refractivity contribution in [3.63, 3.8) is 0 Å². The van der Waals surface area contributed by atoms with E-state index in [1.54, 1.807) is 0 Å². The molecule has 0 saturated carbocycles. The predicted molar refractivity (Wildman–Crippen MR) is 84.4 cm³/mol. The molecular weight excluding hydrogens is 246 g/mol. The van der Waals surface area contributed by atoms with Gasteiger partial charge in [-0.2, -0.15) is 0 Å². The Morgan fingerprint density at radius 3 is 3.05 bits per heavy atom. The summed E-state index contributed by atoms with van der Waals surface area (Å²) in [5, 5.41) is 4.88. The van der Waals surface area contributed by atoms with Crippen molar-refractivity contribution in [2.24, 2.45) is 5.41 Å². The molecule has 0 spiro atoms. The van der Waals surface area contributed by atoms with E-state index in [9.17, 15) is 0 Å². The Kier molecular flexibility index (Phi) is 2.47. The molecule has 1 unspecified atom stereocenters. The third-order valence-electron chi connectivity index (χ3n) is 5.02. The summed E-state index contributed by atoms with van der Waals surface area (Å²) in [4.78, 5) is 7.20. The van der Waals surface area contributed by atoms with Crippen LogP contribution in [0.1, 0.15) is 26.7 Å². The van der Waals surface area contributed by atoms with E-state index in [0.717, 1.165) is 18.6 Å². The summed E-state index contributed by atoms with van der Waals surface area (Å²) in [6.07, 6.45) is 4.59. The van der Waals surface area contributed by atoms with Crippen molar-refractivity contribution < 1.29 is 0 Å². The zero-order chi connectivity index (χ0) is 13.7. The average Bonchev–Trinajstić information content (AvgIpc) is 2.46. The number of benzene rings is 1. The van der Waals surface area contributed by atoms with Crippen LogP contribution in [-0.2, 0) is 0 Å². The summed E-state index contributed by atoms with van der Waals surface area (Å²) in [5.74, 6) is 0. The Balaban J connectivity index is 1.93. The van der Waals surface area contributed by atoms with Crippen molar-refractivity contribution in [3.8, 4) is 0 Å². The zero-order valence-electron chi connectivity index (χ0n) is 12.2. The maximum atomic E-state index is 4.58. The molecule has 1 aromatic carbocycles. The van der Waals surface area contributed by atoms with Gasteiger partial charge in [-0.1, -0.05) is 32.0 Å². The average molecular weight is 267 g/mol. The van der Waals surface area contributed by atoms with Gasteiger partial charge in [0.05, 0.1) is 29.1 Å². The van der Waals surface area contributed by atoms with Gasteiger partial charge in [-0.05, 0) is 24.3 Å². The van der Waals surface area contributed by atoms with E-state index in [1.165, 1.54) is 29.6 Å². The summed E-state index contributed by atoms with van der Waals surface area (Å²) in [6.45, 7) is 7.00. The Morgan fingerprint density at radius 2 is 2.15 bits per heavy atom. The fraction of sp³-hybridized carbons (Fsp3) is 0.471. The van der Waals surface area contributed by atoms with Crippen LogP contribution in [0.25, 0.3) is 10.9 Å². The molecule has 0 aliphatic carbocycles. The number of fused-ring (bicyclic) bond motifs is 5. The van der Waals surface area contributed by atoms with Gasteiger partial charge >= 0.3 is 0 Å². The van der Waals surface area contributed by atoms with E-state index in [1.807, 2.05) is 6.20 Å². The number of aromatic nitrogens is 1. The normalized spacial score (nSPS) is 23.9. The Labute approximate surface area is 120 Å². The first-order valence-electron chi connectivity index (χ1n) is 7.55. The van der Waals surface area contributed by atoms with Crippen LogP contribution < -0.4 is 10.2 Å². The van der Waals surface area contributed by atoms with E-state index >= 15 is 0 Å². The second-order valence-electron chi connectivity index (χ2n) is 6.72. The fourth-order valence-corrected chi connectivity index (χ4v) is 3.88. The van der Waals surface area contributed by atoms with Crippen molar-refractivity contribution >= 4 is 22.3 Å². The first-order valence-corrected chi connectivity index (χ1v) is 7.55. The molecule has 3 heterocycles. The van der Waals surface area contributed by atoms with Crippen LogP contribution >= 0.6 is 0 Å². The lowest BCUT2D eigenvalue weighted by Crippen LogP contribution is -2.55. The molecule has 1 atom stereocenters. The number of hydrogen-bond donors (Lipinski definition) is 1. The standard InChI is InChI=1S/C17H21N3/c1-17(2)8-5-9-20-15(17)11-19-14-10-18-13-7-4-3-6-12(13)16(14)20/h3-4,6-7,10,15,19H,5,8-9,11H2,1-2H3. The highest BCUT2D eigenvalue weighted by atomic mass is 15.2. The Bertz CT molecular complexity index is 662. The van der Waals surface area contributed by atoms with Crippen LogP contribution in [-0.4, -0.2) is 24.1 Å². The molecule has 3 nitrogen and oxygen atoms in total. The molecule has 1 aromatic heterocycles. The number of nitrogens with zero attached hydrogens (tertiary/aromatic N) is 2. The smallest absolute Gasteiger partial charge is 0.0772 e. The molecule has 0 amide bonds.